The molecule has 1 atom stereocenters. The van der Waals surface area contributed by atoms with Crippen molar-refractivity contribution in [3.05, 3.63) is 72.5 Å². The van der Waals surface area contributed by atoms with Crippen molar-refractivity contribution in [2.75, 3.05) is 36.5 Å². The SMILES string of the molecule is C/C=C\C=C/C.CC.CS(=O)(=O)c1ccc(CCNC[C@H]2CNc3cccnc3N2)cc1.[HH].[HH].[HH]. The van der Waals surface area contributed by atoms with E-state index in [0.717, 1.165) is 43.1 Å². The number of pyridine rings is 1. The van der Waals surface area contributed by atoms with Crippen LogP contribution in [0.25, 0.3) is 0 Å². The van der Waals surface area contributed by atoms with Crippen molar-refractivity contribution < 1.29 is 12.7 Å². The minimum absolute atomic E-state index is 0. The van der Waals surface area contributed by atoms with Gasteiger partial charge in [-0.15, -0.1) is 0 Å². The van der Waals surface area contributed by atoms with E-state index >= 15 is 0 Å². The van der Waals surface area contributed by atoms with Gasteiger partial charge in [0.1, 0.15) is 5.82 Å². The van der Waals surface area contributed by atoms with Gasteiger partial charge in [-0.3, -0.25) is 0 Å². The lowest BCUT2D eigenvalue weighted by atomic mass is 10.1. The number of allylic oxidation sites excluding steroid dienone is 4. The maximum atomic E-state index is 11.4. The lowest BCUT2D eigenvalue weighted by Crippen LogP contribution is -2.41. The summed E-state index contributed by atoms with van der Waals surface area (Å²) in [5.41, 5.74) is 2.16. The van der Waals surface area contributed by atoms with E-state index < -0.39 is 9.84 Å². The monoisotopic (exact) mass is 464 g/mol. The summed E-state index contributed by atoms with van der Waals surface area (Å²) < 4.78 is 22.9. The Hall–Kier alpha value is -2.64. The van der Waals surface area contributed by atoms with Gasteiger partial charge in [0.25, 0.3) is 0 Å². The predicted octanol–water partition coefficient (Wildman–Crippen LogP) is 5.43. The molecule has 0 radical (unpaired) electrons. The maximum absolute atomic E-state index is 11.4. The van der Waals surface area contributed by atoms with E-state index in [1.807, 2.05) is 76.3 Å². The first-order chi connectivity index (χ1) is 15.4. The zero-order chi connectivity index (χ0) is 23.8. The third-order valence-corrected chi connectivity index (χ3v) is 5.64. The molecule has 1 aromatic heterocycles. The lowest BCUT2D eigenvalue weighted by molar-refractivity contribution is 0.601. The summed E-state index contributed by atoms with van der Waals surface area (Å²) in [5.74, 6) is 0.895. The molecule has 3 rings (SSSR count). The molecule has 1 aliphatic heterocycles. The summed E-state index contributed by atoms with van der Waals surface area (Å²) >= 11 is 0. The lowest BCUT2D eigenvalue weighted by Gasteiger charge is -2.27. The first-order valence-electron chi connectivity index (χ1n) is 11.1. The quantitative estimate of drug-likeness (QED) is 0.374. The zero-order valence-electron chi connectivity index (χ0n) is 19.9. The highest BCUT2D eigenvalue weighted by Gasteiger charge is 2.16. The molecule has 0 fully saturated rings. The van der Waals surface area contributed by atoms with Gasteiger partial charge < -0.3 is 16.0 Å². The van der Waals surface area contributed by atoms with Gasteiger partial charge in [0.15, 0.2) is 9.84 Å². The second-order valence-electron chi connectivity index (χ2n) is 7.04. The molecule has 0 saturated carbocycles. The first kappa shape index (κ1) is 27.4. The molecule has 1 aliphatic rings. The molecule has 0 spiro atoms. The molecular formula is C25H44N4O2S. The third-order valence-electron chi connectivity index (χ3n) is 4.52. The number of nitrogens with zero attached hydrogens (tertiary/aromatic N) is 1. The van der Waals surface area contributed by atoms with Crippen molar-refractivity contribution in [2.24, 2.45) is 0 Å². The molecule has 6 nitrogen and oxygen atoms in total. The fourth-order valence-corrected chi connectivity index (χ4v) is 3.53. The Bertz CT molecular complexity index is 943. The van der Waals surface area contributed by atoms with Crippen LogP contribution in [0.5, 0.6) is 0 Å². The van der Waals surface area contributed by atoms with Gasteiger partial charge in [0.05, 0.1) is 16.6 Å². The number of aromatic nitrogens is 1. The van der Waals surface area contributed by atoms with Crippen molar-refractivity contribution in [1.29, 1.82) is 0 Å². The molecule has 0 unspecified atom stereocenters. The van der Waals surface area contributed by atoms with Crippen LogP contribution in [-0.2, 0) is 16.3 Å². The number of hydrogen-bond acceptors (Lipinski definition) is 6. The van der Waals surface area contributed by atoms with E-state index in [1.165, 1.54) is 6.26 Å². The molecule has 2 heterocycles. The van der Waals surface area contributed by atoms with Crippen molar-refractivity contribution in [3.8, 4) is 0 Å². The van der Waals surface area contributed by atoms with Gasteiger partial charge >= 0.3 is 0 Å². The Morgan fingerprint density at radius 1 is 1.12 bits per heavy atom. The van der Waals surface area contributed by atoms with E-state index in [0.29, 0.717) is 10.9 Å². The van der Waals surface area contributed by atoms with E-state index in [1.54, 1.807) is 18.3 Å². The average Bonchev–Trinajstić information content (AvgIpc) is 2.82. The number of sulfone groups is 1. The largest absolute Gasteiger partial charge is 0.380 e. The highest BCUT2D eigenvalue weighted by molar-refractivity contribution is 7.90. The van der Waals surface area contributed by atoms with E-state index in [2.05, 4.69) is 20.9 Å². The molecular weight excluding hydrogens is 420 g/mol. The minimum Gasteiger partial charge on any atom is -0.380 e. The van der Waals surface area contributed by atoms with Gasteiger partial charge in [0.2, 0.25) is 0 Å². The Kier molecular flexibility index (Phi) is 13.0. The van der Waals surface area contributed by atoms with Crippen molar-refractivity contribution in [2.45, 2.75) is 45.1 Å². The van der Waals surface area contributed by atoms with E-state index in [9.17, 15) is 8.42 Å². The van der Waals surface area contributed by atoms with Crippen LogP contribution in [0.4, 0.5) is 11.5 Å². The molecule has 0 saturated heterocycles. The standard InChI is InChI=1S/C17H22N4O2S.C6H10.C2H6.3H2/c1-24(22,23)15-6-4-13(5-7-15)8-10-18-11-14-12-20-16-3-2-9-19-17(16)21-14;1-3-5-6-4-2;1-2;;;/h2-7,9,14,18,20H,8,10-12H2,1H3,(H,19,21);3-6H,1-2H3;1-2H3;3*1H/b;5-3-,6-4-;;;;/t14-;;;;;/m0...../s1. The van der Waals surface area contributed by atoms with Gasteiger partial charge in [-0.25, -0.2) is 13.4 Å². The van der Waals surface area contributed by atoms with Crippen LogP contribution in [-0.4, -0.2) is 45.3 Å². The van der Waals surface area contributed by atoms with Gasteiger partial charge in [-0.2, -0.15) is 0 Å². The molecule has 32 heavy (non-hydrogen) atoms. The van der Waals surface area contributed by atoms with Crippen LogP contribution in [0.3, 0.4) is 0 Å². The highest BCUT2D eigenvalue weighted by atomic mass is 32.2. The minimum atomic E-state index is -3.12. The highest BCUT2D eigenvalue weighted by Crippen LogP contribution is 2.22. The number of anilines is 2. The molecule has 2 aromatic rings. The van der Waals surface area contributed by atoms with Crippen LogP contribution in [0.2, 0.25) is 0 Å². The zero-order valence-corrected chi connectivity index (χ0v) is 20.7. The number of hydrogen-bond donors (Lipinski definition) is 3. The Balaban J connectivity index is -0.000000821. The maximum Gasteiger partial charge on any atom is 0.175 e. The number of rotatable bonds is 7. The number of fused-ring (bicyclic) bond motifs is 1. The molecule has 0 bridgehead atoms. The Labute approximate surface area is 198 Å². The second-order valence-corrected chi connectivity index (χ2v) is 9.06. The van der Waals surface area contributed by atoms with Crippen molar-refractivity contribution in [1.82, 2.24) is 10.3 Å². The fourth-order valence-electron chi connectivity index (χ4n) is 2.90. The molecule has 182 valence electrons. The van der Waals surface area contributed by atoms with Crippen LogP contribution < -0.4 is 16.0 Å². The summed E-state index contributed by atoms with van der Waals surface area (Å²) in [6.07, 6.45) is 11.9. The summed E-state index contributed by atoms with van der Waals surface area (Å²) in [7, 11) is -3.12. The first-order valence-corrected chi connectivity index (χ1v) is 13.0. The van der Waals surface area contributed by atoms with E-state index in [4.69, 9.17) is 0 Å². The van der Waals surface area contributed by atoms with Crippen molar-refractivity contribution in [3.63, 3.8) is 0 Å². The summed E-state index contributed by atoms with van der Waals surface area (Å²) in [6.45, 7) is 10.5. The Morgan fingerprint density at radius 2 is 1.78 bits per heavy atom. The van der Waals surface area contributed by atoms with Gasteiger partial charge in [0, 0.05) is 29.8 Å². The topological polar surface area (TPSA) is 83.1 Å². The smallest absolute Gasteiger partial charge is 0.175 e. The van der Waals surface area contributed by atoms with Crippen LogP contribution >= 0.6 is 0 Å². The normalized spacial score (nSPS) is 15.0. The van der Waals surface area contributed by atoms with Crippen LogP contribution in [0.1, 0.15) is 37.5 Å². The predicted molar refractivity (Wildman–Crippen MR) is 144 cm³/mol. The summed E-state index contributed by atoms with van der Waals surface area (Å²) in [5, 5.41) is 10.2. The molecule has 7 heteroatoms. The summed E-state index contributed by atoms with van der Waals surface area (Å²) in [4.78, 5) is 4.69. The third kappa shape index (κ3) is 10.1. The number of benzene rings is 1. The van der Waals surface area contributed by atoms with Crippen LogP contribution in [0, 0.1) is 0 Å². The molecule has 0 aliphatic carbocycles. The number of nitrogens with one attached hydrogen (secondary N) is 3. The molecule has 0 amide bonds. The fraction of sp³-hybridized carbons (Fsp3) is 0.400. The Morgan fingerprint density at radius 3 is 2.38 bits per heavy atom. The van der Waals surface area contributed by atoms with Crippen LogP contribution in [0.15, 0.2) is 71.8 Å². The van der Waals surface area contributed by atoms with Crippen molar-refractivity contribution >= 4 is 21.3 Å². The summed E-state index contributed by atoms with van der Waals surface area (Å²) in [6, 6.07) is 11.3. The second kappa shape index (κ2) is 15.2. The van der Waals surface area contributed by atoms with E-state index in [-0.39, 0.29) is 4.28 Å². The van der Waals surface area contributed by atoms with Gasteiger partial charge in [-0.1, -0.05) is 50.3 Å². The average molecular weight is 465 g/mol. The molecule has 3 N–H and O–H groups in total. The van der Waals surface area contributed by atoms with Gasteiger partial charge in [-0.05, 0) is 56.6 Å². The molecule has 1 aromatic carbocycles.